The molecule has 5 rings (SSSR count). The molecule has 7 heteroatoms. The molecule has 4 aromatic rings. The van der Waals surface area contributed by atoms with Crippen LogP contribution in [0.4, 0.5) is 5.69 Å². The van der Waals surface area contributed by atoms with Crippen LogP contribution in [0.5, 0.6) is 5.88 Å². The maximum Gasteiger partial charge on any atom is 0.328 e. The third-order valence-corrected chi connectivity index (χ3v) is 5.99. The highest BCUT2D eigenvalue weighted by atomic mass is 35.5. The fraction of sp³-hybridized carbons (Fsp3) is 0.0357. The number of aromatic amines is 2. The van der Waals surface area contributed by atoms with Crippen molar-refractivity contribution in [2.75, 3.05) is 0 Å². The molecule has 1 aliphatic rings. The molecule has 0 saturated heterocycles. The molecule has 2 heterocycles. The number of nitrogens with one attached hydrogen (secondary N) is 2. The summed E-state index contributed by atoms with van der Waals surface area (Å²) >= 11 is 6.30. The second kappa shape index (κ2) is 9.08. The Balaban J connectivity index is 1.75. The van der Waals surface area contributed by atoms with Gasteiger partial charge in [0.15, 0.2) is 0 Å². The van der Waals surface area contributed by atoms with E-state index in [4.69, 9.17) is 16.6 Å². The molecule has 0 unspecified atom stereocenters. The highest BCUT2D eigenvalue weighted by Gasteiger charge is 2.23. The molecule has 1 aromatic heterocycles. The lowest BCUT2D eigenvalue weighted by Crippen LogP contribution is -2.24. The summed E-state index contributed by atoms with van der Waals surface area (Å²) in [5.41, 5.74) is 4.83. The topological polar surface area (TPSA) is 98.3 Å². The van der Waals surface area contributed by atoms with Gasteiger partial charge in [-0.15, -0.1) is 0 Å². The maximum absolute atomic E-state index is 12.7. The van der Waals surface area contributed by atoms with Gasteiger partial charge < -0.3 is 5.11 Å². The summed E-state index contributed by atoms with van der Waals surface area (Å²) < 4.78 is 0. The summed E-state index contributed by atoms with van der Waals surface area (Å²) in [6, 6.07) is 22.8. The fourth-order valence-corrected chi connectivity index (χ4v) is 4.23. The predicted octanol–water partition coefficient (Wildman–Crippen LogP) is 5.38. The molecule has 0 atom stereocenters. The average Bonchev–Trinajstić information content (AvgIpc) is 3.19. The van der Waals surface area contributed by atoms with Gasteiger partial charge in [-0.25, -0.2) is 9.79 Å². The molecule has 0 amide bonds. The van der Waals surface area contributed by atoms with Gasteiger partial charge in [0.25, 0.3) is 5.56 Å². The number of halogens is 1. The van der Waals surface area contributed by atoms with E-state index in [9.17, 15) is 14.7 Å². The van der Waals surface area contributed by atoms with Crippen LogP contribution < -0.4 is 11.2 Å². The van der Waals surface area contributed by atoms with Crippen LogP contribution in [0.15, 0.2) is 99.5 Å². The number of H-pyrrole nitrogens is 2. The van der Waals surface area contributed by atoms with Crippen molar-refractivity contribution in [1.82, 2.24) is 9.97 Å². The van der Waals surface area contributed by atoms with Crippen LogP contribution in [0.25, 0.3) is 11.1 Å². The van der Waals surface area contributed by atoms with E-state index in [0.29, 0.717) is 16.2 Å². The summed E-state index contributed by atoms with van der Waals surface area (Å²) in [4.78, 5) is 33.7. The van der Waals surface area contributed by atoms with E-state index in [1.165, 1.54) is 0 Å². The summed E-state index contributed by atoms with van der Waals surface area (Å²) in [5, 5.41) is 11.1. The zero-order valence-corrected chi connectivity index (χ0v) is 19.4. The van der Waals surface area contributed by atoms with Crippen molar-refractivity contribution in [1.29, 1.82) is 0 Å². The number of benzene rings is 3. The highest BCUT2D eigenvalue weighted by molar-refractivity contribution is 6.37. The smallest absolute Gasteiger partial charge is 0.328 e. The van der Waals surface area contributed by atoms with Crippen LogP contribution in [-0.2, 0) is 0 Å². The Kier molecular flexibility index (Phi) is 5.81. The minimum Gasteiger partial charge on any atom is -0.494 e. The molecule has 0 bridgehead atoms. The average molecular weight is 482 g/mol. The van der Waals surface area contributed by atoms with Crippen molar-refractivity contribution < 1.29 is 5.11 Å². The van der Waals surface area contributed by atoms with Crippen LogP contribution in [0, 0.1) is 6.92 Å². The Bertz CT molecular complexity index is 1640. The molecule has 1 aliphatic heterocycles. The van der Waals surface area contributed by atoms with Crippen LogP contribution in [0.2, 0.25) is 5.02 Å². The highest BCUT2D eigenvalue weighted by Crippen LogP contribution is 2.39. The van der Waals surface area contributed by atoms with Gasteiger partial charge in [-0.3, -0.25) is 14.8 Å². The summed E-state index contributed by atoms with van der Waals surface area (Å²) in [6.45, 7) is 1.96. The van der Waals surface area contributed by atoms with Crippen LogP contribution >= 0.6 is 11.6 Å². The number of aryl methyl sites for hydroxylation is 1. The molecule has 35 heavy (non-hydrogen) atoms. The van der Waals surface area contributed by atoms with Crippen molar-refractivity contribution in [3.05, 3.63) is 139 Å². The quantitative estimate of drug-likeness (QED) is 0.365. The zero-order valence-electron chi connectivity index (χ0n) is 18.7. The van der Waals surface area contributed by atoms with Crippen molar-refractivity contribution in [3.63, 3.8) is 0 Å². The molecule has 172 valence electrons. The molecule has 0 radical (unpaired) electrons. The van der Waals surface area contributed by atoms with E-state index in [1.807, 2.05) is 79.7 Å². The monoisotopic (exact) mass is 481 g/mol. The molecule has 0 aliphatic carbocycles. The van der Waals surface area contributed by atoms with Gasteiger partial charge in [-0.2, -0.15) is 0 Å². The number of hydrogen-bond donors (Lipinski definition) is 3. The number of aliphatic imine (C=N–C) groups is 1. The number of nitrogens with zero attached hydrogens (tertiary/aromatic N) is 1. The standard InChI is InChI=1S/C28H20ClN3O3/c1-16-7-9-17(10-8-16)20(24-26(33)31-28(35)32-27(24)34)12-13-21-22-15-19(29)11-14-23(22)30-25(21)18-5-3-2-4-6-18/h2-15H,1H3,(H3,31,32,33,34,35)/b20-12+,21-13+. The van der Waals surface area contributed by atoms with Gasteiger partial charge in [0.05, 0.1) is 11.4 Å². The van der Waals surface area contributed by atoms with Gasteiger partial charge in [0.2, 0.25) is 5.88 Å². The van der Waals surface area contributed by atoms with Crippen molar-refractivity contribution in [3.8, 4) is 5.88 Å². The Morgan fingerprint density at radius 1 is 0.971 bits per heavy atom. The third kappa shape index (κ3) is 4.39. The number of aromatic hydroxyl groups is 1. The zero-order chi connectivity index (χ0) is 24.5. The van der Waals surface area contributed by atoms with Crippen molar-refractivity contribution in [2.45, 2.75) is 6.92 Å². The van der Waals surface area contributed by atoms with Gasteiger partial charge in [-0.05, 0) is 36.3 Å². The number of fused-ring (bicyclic) bond motifs is 1. The first-order valence-corrected chi connectivity index (χ1v) is 11.3. The van der Waals surface area contributed by atoms with E-state index in [1.54, 1.807) is 12.1 Å². The number of allylic oxidation sites excluding steroid dienone is 3. The van der Waals surface area contributed by atoms with Gasteiger partial charge in [0, 0.05) is 21.7 Å². The van der Waals surface area contributed by atoms with Gasteiger partial charge in [-0.1, -0.05) is 83.9 Å². The molecular formula is C28H20ClN3O3. The van der Waals surface area contributed by atoms with Gasteiger partial charge >= 0.3 is 5.69 Å². The number of rotatable bonds is 4. The Hall–Kier alpha value is -4.42. The molecule has 3 aromatic carbocycles. The molecule has 0 spiro atoms. The largest absolute Gasteiger partial charge is 0.494 e. The van der Waals surface area contributed by atoms with Crippen LogP contribution in [0.3, 0.4) is 0 Å². The lowest BCUT2D eigenvalue weighted by Gasteiger charge is -2.10. The Morgan fingerprint density at radius 3 is 2.43 bits per heavy atom. The molecule has 3 N–H and O–H groups in total. The molecular weight excluding hydrogens is 462 g/mol. The second-order valence-corrected chi connectivity index (χ2v) is 8.58. The predicted molar refractivity (Wildman–Crippen MR) is 140 cm³/mol. The lowest BCUT2D eigenvalue weighted by atomic mass is 9.94. The lowest BCUT2D eigenvalue weighted by molar-refractivity contribution is 0.446. The van der Waals surface area contributed by atoms with Crippen LogP contribution in [0.1, 0.15) is 27.8 Å². The molecule has 6 nitrogen and oxygen atoms in total. The first kappa shape index (κ1) is 22.4. The van der Waals surface area contributed by atoms with Gasteiger partial charge in [0.1, 0.15) is 5.56 Å². The summed E-state index contributed by atoms with van der Waals surface area (Å²) in [5.74, 6) is -0.504. The molecule has 0 fully saturated rings. The third-order valence-electron chi connectivity index (χ3n) is 5.75. The fourth-order valence-electron chi connectivity index (χ4n) is 4.06. The van der Waals surface area contributed by atoms with Crippen molar-refractivity contribution >= 4 is 34.1 Å². The van der Waals surface area contributed by atoms with E-state index in [0.717, 1.165) is 33.7 Å². The normalized spacial score (nSPS) is 14.2. The van der Waals surface area contributed by atoms with Crippen molar-refractivity contribution in [2.24, 2.45) is 4.99 Å². The summed E-state index contributed by atoms with van der Waals surface area (Å²) in [6.07, 6.45) is 3.60. The Labute approximate surface area is 205 Å². The minimum atomic E-state index is -0.782. The van der Waals surface area contributed by atoms with Crippen LogP contribution in [-0.4, -0.2) is 20.8 Å². The maximum atomic E-state index is 12.7. The molecule has 0 saturated carbocycles. The number of hydrogen-bond acceptors (Lipinski definition) is 4. The second-order valence-electron chi connectivity index (χ2n) is 8.15. The first-order chi connectivity index (χ1) is 16.9. The van der Waals surface area contributed by atoms with E-state index in [2.05, 4.69) is 9.97 Å². The van der Waals surface area contributed by atoms with E-state index in [-0.39, 0.29) is 5.56 Å². The SMILES string of the molecule is Cc1ccc(/C(=C\C=C2\C(c3ccccc3)=Nc3ccc(Cl)cc32)c2c(O)[nH]c(=O)[nH]c2=O)cc1. The Morgan fingerprint density at radius 2 is 1.71 bits per heavy atom. The van der Waals surface area contributed by atoms with E-state index < -0.39 is 17.1 Å². The van der Waals surface area contributed by atoms with E-state index >= 15 is 0 Å². The number of aromatic nitrogens is 2. The summed E-state index contributed by atoms with van der Waals surface area (Å²) in [7, 11) is 0. The first-order valence-electron chi connectivity index (χ1n) is 10.9. The minimum absolute atomic E-state index is 0.0344.